The number of imidazole rings is 1. The van der Waals surface area contributed by atoms with Crippen LogP contribution in [-0.4, -0.2) is 14.9 Å². The Bertz CT molecular complexity index is 230. The molecule has 0 radical (unpaired) electrons. The van der Waals surface area contributed by atoms with Crippen LogP contribution in [0.3, 0.4) is 0 Å². The molecule has 0 aliphatic heterocycles. The average Bonchev–Trinajstić information content (AvgIpc) is 2.48. The molecule has 0 aromatic carbocycles. The van der Waals surface area contributed by atoms with Crippen molar-refractivity contribution in [3.05, 3.63) is 18.2 Å². The Balaban J connectivity index is 2.64. The van der Waals surface area contributed by atoms with Crippen molar-refractivity contribution in [1.29, 1.82) is 0 Å². The van der Waals surface area contributed by atoms with Crippen molar-refractivity contribution in [2.45, 2.75) is 32.7 Å². The van der Waals surface area contributed by atoms with Crippen molar-refractivity contribution in [2.24, 2.45) is 0 Å². The molecule has 0 bridgehead atoms. The van der Waals surface area contributed by atoms with Gasteiger partial charge in [-0.05, 0) is 6.42 Å². The highest BCUT2D eigenvalue weighted by Crippen LogP contribution is 2.11. The van der Waals surface area contributed by atoms with Crippen LogP contribution in [0.15, 0.2) is 12.4 Å². The van der Waals surface area contributed by atoms with Crippen molar-refractivity contribution < 1.29 is 0 Å². The molecule has 0 saturated carbocycles. The van der Waals surface area contributed by atoms with Crippen molar-refractivity contribution in [1.82, 2.24) is 9.55 Å². The molecule has 68 valence electrons. The Morgan fingerprint density at radius 2 is 2.33 bits per heavy atom. The normalized spacial score (nSPS) is 11.0. The molecule has 0 aliphatic rings. The third-order valence-corrected chi connectivity index (χ3v) is 2.36. The fourth-order valence-electron chi connectivity index (χ4n) is 1.24. The smallest absolute Gasteiger partial charge is 0.111 e. The van der Waals surface area contributed by atoms with E-state index in [2.05, 4.69) is 45.5 Å². The van der Waals surface area contributed by atoms with Crippen LogP contribution in [-0.2, 0) is 6.54 Å². The largest absolute Gasteiger partial charge is 0.335 e. The van der Waals surface area contributed by atoms with Gasteiger partial charge in [-0.25, -0.2) is 4.98 Å². The SMILES string of the molecule is CC(C)c1nccn1CCCBr. The van der Waals surface area contributed by atoms with Crippen LogP contribution in [0.25, 0.3) is 0 Å². The summed E-state index contributed by atoms with van der Waals surface area (Å²) in [5, 5.41) is 1.06. The molecule has 0 aliphatic carbocycles. The maximum atomic E-state index is 4.32. The number of alkyl halides is 1. The van der Waals surface area contributed by atoms with Crippen LogP contribution in [0, 0.1) is 0 Å². The second-order valence-electron chi connectivity index (χ2n) is 3.18. The third kappa shape index (κ3) is 2.34. The standard InChI is InChI=1S/C9H15BrN2/c1-8(2)9-11-5-7-12(9)6-3-4-10/h5,7-8H,3-4,6H2,1-2H3. The summed E-state index contributed by atoms with van der Waals surface area (Å²) in [4.78, 5) is 4.32. The summed E-state index contributed by atoms with van der Waals surface area (Å²) >= 11 is 3.42. The summed E-state index contributed by atoms with van der Waals surface area (Å²) < 4.78 is 2.23. The fraction of sp³-hybridized carbons (Fsp3) is 0.667. The van der Waals surface area contributed by atoms with E-state index in [1.165, 1.54) is 5.82 Å². The number of hydrogen-bond donors (Lipinski definition) is 0. The zero-order valence-corrected chi connectivity index (χ0v) is 9.21. The van der Waals surface area contributed by atoms with E-state index in [9.17, 15) is 0 Å². The van der Waals surface area contributed by atoms with E-state index < -0.39 is 0 Å². The summed E-state index contributed by atoms with van der Waals surface area (Å²) in [5.41, 5.74) is 0. The Hall–Kier alpha value is -0.310. The van der Waals surface area contributed by atoms with Gasteiger partial charge in [0.05, 0.1) is 0 Å². The molecule has 0 spiro atoms. The second kappa shape index (κ2) is 4.65. The number of nitrogens with zero attached hydrogens (tertiary/aromatic N) is 2. The first-order valence-corrected chi connectivity index (χ1v) is 5.45. The molecule has 1 rings (SSSR count). The van der Waals surface area contributed by atoms with Gasteiger partial charge in [-0.2, -0.15) is 0 Å². The Labute approximate surface area is 82.1 Å². The van der Waals surface area contributed by atoms with Crippen LogP contribution < -0.4 is 0 Å². The lowest BCUT2D eigenvalue weighted by Crippen LogP contribution is -2.04. The molecule has 1 aromatic rings. The van der Waals surface area contributed by atoms with Gasteiger partial charge in [0.15, 0.2) is 0 Å². The predicted molar refractivity (Wildman–Crippen MR) is 54.7 cm³/mol. The highest BCUT2D eigenvalue weighted by molar-refractivity contribution is 9.09. The molecule has 0 atom stereocenters. The molecule has 0 fully saturated rings. The summed E-state index contributed by atoms with van der Waals surface area (Å²) in [5.74, 6) is 1.71. The monoisotopic (exact) mass is 230 g/mol. The molecule has 0 N–H and O–H groups in total. The van der Waals surface area contributed by atoms with Gasteiger partial charge in [-0.15, -0.1) is 0 Å². The van der Waals surface area contributed by atoms with Gasteiger partial charge < -0.3 is 4.57 Å². The number of halogens is 1. The molecule has 0 amide bonds. The number of aryl methyl sites for hydroxylation is 1. The topological polar surface area (TPSA) is 17.8 Å². The van der Waals surface area contributed by atoms with Gasteiger partial charge in [0.1, 0.15) is 5.82 Å². The molecular formula is C9H15BrN2. The zero-order chi connectivity index (χ0) is 8.97. The Morgan fingerprint density at radius 3 is 2.92 bits per heavy atom. The lowest BCUT2D eigenvalue weighted by Gasteiger charge is -2.08. The maximum Gasteiger partial charge on any atom is 0.111 e. The van der Waals surface area contributed by atoms with E-state index in [-0.39, 0.29) is 0 Å². The lowest BCUT2D eigenvalue weighted by atomic mass is 10.2. The minimum Gasteiger partial charge on any atom is -0.335 e. The summed E-state index contributed by atoms with van der Waals surface area (Å²) in [6, 6.07) is 0. The quantitative estimate of drug-likeness (QED) is 0.728. The molecule has 3 heteroatoms. The summed E-state index contributed by atoms with van der Waals surface area (Å²) in [6.07, 6.45) is 5.09. The van der Waals surface area contributed by atoms with Crippen LogP contribution in [0.1, 0.15) is 32.0 Å². The number of aromatic nitrogens is 2. The van der Waals surface area contributed by atoms with E-state index in [4.69, 9.17) is 0 Å². The molecule has 2 nitrogen and oxygen atoms in total. The first kappa shape index (κ1) is 9.78. The fourth-order valence-corrected chi connectivity index (χ4v) is 1.49. The molecule has 0 saturated heterocycles. The third-order valence-electron chi connectivity index (χ3n) is 1.80. The van der Waals surface area contributed by atoms with Crippen LogP contribution in [0.5, 0.6) is 0 Å². The minimum atomic E-state index is 0.523. The second-order valence-corrected chi connectivity index (χ2v) is 3.97. The van der Waals surface area contributed by atoms with E-state index in [0.717, 1.165) is 18.3 Å². The van der Waals surface area contributed by atoms with E-state index >= 15 is 0 Å². The van der Waals surface area contributed by atoms with Crippen molar-refractivity contribution in [3.63, 3.8) is 0 Å². The van der Waals surface area contributed by atoms with Gasteiger partial charge in [0.2, 0.25) is 0 Å². The van der Waals surface area contributed by atoms with Crippen LogP contribution in [0.4, 0.5) is 0 Å². The van der Waals surface area contributed by atoms with E-state index in [1.807, 2.05) is 6.20 Å². The van der Waals surface area contributed by atoms with Crippen LogP contribution >= 0.6 is 15.9 Å². The Morgan fingerprint density at radius 1 is 1.58 bits per heavy atom. The molecule has 0 unspecified atom stereocenters. The van der Waals surface area contributed by atoms with Crippen molar-refractivity contribution in [2.75, 3.05) is 5.33 Å². The molecule has 1 aromatic heterocycles. The van der Waals surface area contributed by atoms with Gasteiger partial charge >= 0.3 is 0 Å². The number of hydrogen-bond acceptors (Lipinski definition) is 1. The van der Waals surface area contributed by atoms with E-state index in [1.54, 1.807) is 0 Å². The van der Waals surface area contributed by atoms with Crippen molar-refractivity contribution in [3.8, 4) is 0 Å². The number of rotatable bonds is 4. The minimum absolute atomic E-state index is 0.523. The zero-order valence-electron chi connectivity index (χ0n) is 7.63. The Kier molecular flexibility index (Phi) is 3.79. The van der Waals surface area contributed by atoms with Gasteiger partial charge in [0, 0.05) is 30.2 Å². The summed E-state index contributed by atoms with van der Waals surface area (Å²) in [6.45, 7) is 5.42. The highest BCUT2D eigenvalue weighted by Gasteiger charge is 2.05. The molecular weight excluding hydrogens is 216 g/mol. The van der Waals surface area contributed by atoms with E-state index in [0.29, 0.717) is 5.92 Å². The van der Waals surface area contributed by atoms with Crippen LogP contribution in [0.2, 0.25) is 0 Å². The van der Waals surface area contributed by atoms with Crippen molar-refractivity contribution >= 4 is 15.9 Å². The molecule has 12 heavy (non-hydrogen) atoms. The average molecular weight is 231 g/mol. The highest BCUT2D eigenvalue weighted by atomic mass is 79.9. The van der Waals surface area contributed by atoms with Gasteiger partial charge in [0.25, 0.3) is 0 Å². The maximum absolute atomic E-state index is 4.32. The molecule has 1 heterocycles. The van der Waals surface area contributed by atoms with Gasteiger partial charge in [-0.3, -0.25) is 0 Å². The first-order valence-electron chi connectivity index (χ1n) is 4.32. The first-order chi connectivity index (χ1) is 5.75. The van der Waals surface area contributed by atoms with Gasteiger partial charge in [-0.1, -0.05) is 29.8 Å². The predicted octanol–water partition coefficient (Wildman–Crippen LogP) is 2.79. The summed E-state index contributed by atoms with van der Waals surface area (Å²) in [7, 11) is 0. The lowest BCUT2D eigenvalue weighted by molar-refractivity contribution is 0.614.